The fourth-order valence-electron chi connectivity index (χ4n) is 2.47. The standard InChI is InChI=1S/C14H27IO/c1-13(2)8-7-11-16-14(12-15)9-5-3-4-6-10-14/h13H,3-12H2,1-2H3. The molecule has 0 aromatic rings. The number of alkyl halides is 1. The second-order valence-corrected chi connectivity index (χ2v) is 6.38. The van der Waals surface area contributed by atoms with Crippen LogP contribution in [0, 0.1) is 5.92 Å². The van der Waals surface area contributed by atoms with Crippen LogP contribution < -0.4 is 0 Å². The van der Waals surface area contributed by atoms with Crippen LogP contribution in [-0.2, 0) is 4.74 Å². The van der Waals surface area contributed by atoms with Crippen LogP contribution in [0.2, 0.25) is 0 Å². The van der Waals surface area contributed by atoms with Gasteiger partial charge in [-0.05, 0) is 31.6 Å². The third-order valence-corrected chi connectivity index (χ3v) is 4.98. The third kappa shape index (κ3) is 5.35. The van der Waals surface area contributed by atoms with Gasteiger partial charge in [-0.15, -0.1) is 0 Å². The molecular formula is C14H27IO. The number of halogens is 1. The normalized spacial score (nSPS) is 21.0. The molecule has 0 heterocycles. The molecular weight excluding hydrogens is 311 g/mol. The van der Waals surface area contributed by atoms with E-state index in [0.29, 0.717) is 0 Å². The Morgan fingerprint density at radius 3 is 2.25 bits per heavy atom. The minimum absolute atomic E-state index is 0.230. The van der Waals surface area contributed by atoms with Gasteiger partial charge in [0.25, 0.3) is 0 Å². The van der Waals surface area contributed by atoms with Gasteiger partial charge >= 0.3 is 0 Å². The van der Waals surface area contributed by atoms with Crippen molar-refractivity contribution in [2.75, 3.05) is 11.0 Å². The van der Waals surface area contributed by atoms with Gasteiger partial charge in [0.15, 0.2) is 0 Å². The summed E-state index contributed by atoms with van der Waals surface area (Å²) in [5.74, 6) is 0.813. The van der Waals surface area contributed by atoms with Crippen molar-refractivity contribution in [1.29, 1.82) is 0 Å². The van der Waals surface area contributed by atoms with E-state index in [0.717, 1.165) is 12.5 Å². The molecule has 1 saturated carbocycles. The van der Waals surface area contributed by atoms with E-state index in [1.54, 1.807) is 0 Å². The second kappa shape index (κ2) is 7.91. The van der Waals surface area contributed by atoms with Crippen molar-refractivity contribution in [3.8, 4) is 0 Å². The first-order valence-electron chi connectivity index (χ1n) is 6.88. The first-order valence-corrected chi connectivity index (χ1v) is 8.41. The fraction of sp³-hybridized carbons (Fsp3) is 1.00. The topological polar surface area (TPSA) is 9.23 Å². The van der Waals surface area contributed by atoms with Gasteiger partial charge in [-0.2, -0.15) is 0 Å². The predicted molar refractivity (Wildman–Crippen MR) is 79.3 cm³/mol. The molecule has 0 saturated heterocycles. The van der Waals surface area contributed by atoms with Gasteiger partial charge in [0.05, 0.1) is 5.60 Å². The van der Waals surface area contributed by atoms with Crippen molar-refractivity contribution in [3.63, 3.8) is 0 Å². The minimum Gasteiger partial charge on any atom is -0.374 e. The lowest BCUT2D eigenvalue weighted by atomic mass is 9.96. The van der Waals surface area contributed by atoms with Crippen LogP contribution in [0.25, 0.3) is 0 Å². The predicted octanol–water partition coefficient (Wildman–Crippen LogP) is 4.97. The molecule has 1 fully saturated rings. The van der Waals surface area contributed by atoms with E-state index in [1.165, 1.54) is 55.8 Å². The molecule has 0 spiro atoms. The average Bonchev–Trinajstić information content (AvgIpc) is 2.50. The van der Waals surface area contributed by atoms with Crippen molar-refractivity contribution in [2.45, 2.75) is 70.8 Å². The maximum absolute atomic E-state index is 6.24. The molecule has 0 aromatic carbocycles. The maximum Gasteiger partial charge on any atom is 0.0771 e. The second-order valence-electron chi connectivity index (χ2n) is 5.62. The highest BCUT2D eigenvalue weighted by molar-refractivity contribution is 14.1. The summed E-state index contributed by atoms with van der Waals surface area (Å²) in [7, 11) is 0. The largest absolute Gasteiger partial charge is 0.374 e. The molecule has 1 rings (SSSR count). The molecule has 0 aromatic heterocycles. The van der Waals surface area contributed by atoms with E-state index < -0.39 is 0 Å². The number of rotatable bonds is 6. The summed E-state index contributed by atoms with van der Waals surface area (Å²) < 4.78 is 7.42. The number of hydrogen-bond acceptors (Lipinski definition) is 1. The van der Waals surface area contributed by atoms with Crippen molar-refractivity contribution in [3.05, 3.63) is 0 Å². The third-order valence-electron chi connectivity index (χ3n) is 3.59. The lowest BCUT2D eigenvalue weighted by molar-refractivity contribution is -0.0382. The first kappa shape index (κ1) is 14.7. The monoisotopic (exact) mass is 338 g/mol. The zero-order valence-corrected chi connectivity index (χ0v) is 13.1. The van der Waals surface area contributed by atoms with Crippen LogP contribution in [0.3, 0.4) is 0 Å². The Morgan fingerprint density at radius 1 is 1.12 bits per heavy atom. The molecule has 1 aliphatic carbocycles. The van der Waals surface area contributed by atoms with Gasteiger partial charge in [0.1, 0.15) is 0 Å². The molecule has 1 aliphatic rings. The van der Waals surface area contributed by atoms with Gasteiger partial charge in [0.2, 0.25) is 0 Å². The Balaban J connectivity index is 2.28. The smallest absolute Gasteiger partial charge is 0.0771 e. The van der Waals surface area contributed by atoms with Gasteiger partial charge < -0.3 is 4.74 Å². The highest BCUT2D eigenvalue weighted by atomic mass is 127. The molecule has 0 bridgehead atoms. The summed E-state index contributed by atoms with van der Waals surface area (Å²) in [6.07, 6.45) is 10.7. The van der Waals surface area contributed by atoms with E-state index in [1.807, 2.05) is 0 Å². The summed E-state index contributed by atoms with van der Waals surface area (Å²) in [5.41, 5.74) is 0.230. The molecule has 0 radical (unpaired) electrons. The van der Waals surface area contributed by atoms with Crippen LogP contribution in [0.1, 0.15) is 65.2 Å². The Labute approximate surface area is 115 Å². The zero-order valence-electron chi connectivity index (χ0n) is 10.9. The summed E-state index contributed by atoms with van der Waals surface area (Å²) in [6.45, 7) is 5.56. The van der Waals surface area contributed by atoms with Crippen LogP contribution in [0.5, 0.6) is 0 Å². The number of hydrogen-bond donors (Lipinski definition) is 0. The molecule has 0 unspecified atom stereocenters. The Kier molecular flexibility index (Phi) is 7.29. The van der Waals surface area contributed by atoms with Crippen molar-refractivity contribution in [1.82, 2.24) is 0 Å². The highest BCUT2D eigenvalue weighted by Gasteiger charge is 2.30. The van der Waals surface area contributed by atoms with Gasteiger partial charge in [-0.3, -0.25) is 0 Å². The van der Waals surface area contributed by atoms with E-state index in [-0.39, 0.29) is 5.60 Å². The highest BCUT2D eigenvalue weighted by Crippen LogP contribution is 2.32. The molecule has 0 amide bonds. The summed E-state index contributed by atoms with van der Waals surface area (Å²) in [5, 5.41) is 0. The molecule has 0 atom stereocenters. The van der Waals surface area contributed by atoms with Gasteiger partial charge in [0, 0.05) is 11.0 Å². The first-order chi connectivity index (χ1) is 7.68. The Hall–Kier alpha value is 0.690. The maximum atomic E-state index is 6.24. The lowest BCUT2D eigenvalue weighted by Crippen LogP contribution is -2.34. The molecule has 0 aliphatic heterocycles. The van der Waals surface area contributed by atoms with Crippen molar-refractivity contribution < 1.29 is 4.74 Å². The Morgan fingerprint density at radius 2 is 1.75 bits per heavy atom. The summed E-state index contributed by atoms with van der Waals surface area (Å²) in [6, 6.07) is 0. The van der Waals surface area contributed by atoms with Crippen LogP contribution in [0.15, 0.2) is 0 Å². The van der Waals surface area contributed by atoms with Crippen LogP contribution >= 0.6 is 22.6 Å². The quantitative estimate of drug-likeness (QED) is 0.288. The molecule has 96 valence electrons. The van der Waals surface area contributed by atoms with E-state index in [9.17, 15) is 0 Å². The van der Waals surface area contributed by atoms with Crippen LogP contribution in [-0.4, -0.2) is 16.6 Å². The number of ether oxygens (including phenoxy) is 1. The fourth-order valence-corrected chi connectivity index (χ4v) is 3.45. The molecule has 2 heteroatoms. The zero-order chi connectivity index (χ0) is 11.9. The molecule has 1 nitrogen and oxygen atoms in total. The SMILES string of the molecule is CC(C)CCCOC1(CI)CCCCCC1. The van der Waals surface area contributed by atoms with E-state index in [2.05, 4.69) is 36.4 Å². The Bertz CT molecular complexity index is 172. The summed E-state index contributed by atoms with van der Waals surface area (Å²) >= 11 is 2.52. The minimum atomic E-state index is 0.230. The van der Waals surface area contributed by atoms with E-state index >= 15 is 0 Å². The summed E-state index contributed by atoms with van der Waals surface area (Å²) in [4.78, 5) is 0. The van der Waals surface area contributed by atoms with Crippen LogP contribution in [0.4, 0.5) is 0 Å². The lowest BCUT2D eigenvalue weighted by Gasteiger charge is -2.31. The van der Waals surface area contributed by atoms with Crippen molar-refractivity contribution in [2.24, 2.45) is 5.92 Å². The van der Waals surface area contributed by atoms with Gasteiger partial charge in [-0.1, -0.05) is 62.1 Å². The molecule has 0 N–H and O–H groups in total. The average molecular weight is 338 g/mol. The van der Waals surface area contributed by atoms with E-state index in [4.69, 9.17) is 4.74 Å². The van der Waals surface area contributed by atoms with Crippen molar-refractivity contribution >= 4 is 22.6 Å². The molecule has 16 heavy (non-hydrogen) atoms. The van der Waals surface area contributed by atoms with Gasteiger partial charge in [-0.25, -0.2) is 0 Å².